The van der Waals surface area contributed by atoms with Crippen molar-refractivity contribution in [2.75, 3.05) is 23.1 Å². The van der Waals surface area contributed by atoms with Gasteiger partial charge in [0.25, 0.3) is 15.9 Å². The van der Waals surface area contributed by atoms with Gasteiger partial charge >= 0.3 is 0 Å². The molecule has 162 valence electrons. The molecule has 0 radical (unpaired) electrons. The lowest BCUT2D eigenvalue weighted by Gasteiger charge is -2.34. The molecule has 0 saturated carbocycles. The first-order chi connectivity index (χ1) is 14.1. The number of hydrogen-bond acceptors (Lipinski definition) is 5. The van der Waals surface area contributed by atoms with E-state index in [1.807, 2.05) is 0 Å². The maximum atomic E-state index is 13.3. The van der Waals surface area contributed by atoms with Crippen LogP contribution in [-0.4, -0.2) is 44.0 Å². The second kappa shape index (κ2) is 9.08. The van der Waals surface area contributed by atoms with Gasteiger partial charge in [0.05, 0.1) is 17.1 Å². The standard InChI is InChI=1S/C21H25ClN2O4S2/c1-21(2,3)29-13-12-23-20(25)19-14-24(17-6-4-5-7-18(17)28-19)30(26,27)16-10-8-15(22)9-11-16/h4-11,19H,12-14H2,1-3H3,(H,23,25). The molecule has 3 rings (SSSR count). The molecule has 0 saturated heterocycles. The fraction of sp³-hybridized carbons (Fsp3) is 0.381. The van der Waals surface area contributed by atoms with Gasteiger partial charge in [0.1, 0.15) is 5.75 Å². The molecular formula is C21H25ClN2O4S2. The smallest absolute Gasteiger partial charge is 0.264 e. The first-order valence-corrected chi connectivity index (χ1v) is 12.3. The lowest BCUT2D eigenvalue weighted by molar-refractivity contribution is -0.127. The minimum absolute atomic E-state index is 0.101. The van der Waals surface area contributed by atoms with E-state index < -0.39 is 16.1 Å². The zero-order chi connectivity index (χ0) is 21.9. The Morgan fingerprint density at radius 3 is 2.53 bits per heavy atom. The molecule has 6 nitrogen and oxygen atoms in total. The molecule has 1 aliphatic heterocycles. The molecule has 2 aromatic rings. The van der Waals surface area contributed by atoms with Crippen LogP contribution in [0.2, 0.25) is 5.02 Å². The SMILES string of the molecule is CC(C)(C)SCCNC(=O)C1CN(S(=O)(=O)c2ccc(Cl)cc2)c2ccccc2O1. The molecule has 30 heavy (non-hydrogen) atoms. The number of nitrogens with one attached hydrogen (secondary N) is 1. The Bertz CT molecular complexity index is 1000. The molecule has 0 aromatic heterocycles. The van der Waals surface area contributed by atoms with Crippen LogP contribution in [0.25, 0.3) is 0 Å². The molecule has 1 unspecified atom stereocenters. The van der Waals surface area contributed by atoms with Crippen LogP contribution in [0.1, 0.15) is 20.8 Å². The van der Waals surface area contributed by atoms with Gasteiger partial charge in [-0.2, -0.15) is 11.8 Å². The van der Waals surface area contributed by atoms with E-state index in [-0.39, 0.29) is 22.1 Å². The first-order valence-electron chi connectivity index (χ1n) is 9.53. The Labute approximate surface area is 187 Å². The predicted molar refractivity (Wildman–Crippen MR) is 122 cm³/mol. The lowest BCUT2D eigenvalue weighted by atomic mass is 10.2. The molecule has 0 aliphatic carbocycles. The van der Waals surface area contributed by atoms with E-state index in [0.29, 0.717) is 23.0 Å². The number of halogens is 1. The number of rotatable bonds is 6. The van der Waals surface area contributed by atoms with E-state index in [1.165, 1.54) is 28.6 Å². The summed E-state index contributed by atoms with van der Waals surface area (Å²) in [6.07, 6.45) is -0.943. The van der Waals surface area contributed by atoms with Crippen LogP contribution < -0.4 is 14.4 Å². The number of benzene rings is 2. The average Bonchev–Trinajstić information content (AvgIpc) is 2.69. The van der Waals surface area contributed by atoms with Crippen molar-refractivity contribution in [1.29, 1.82) is 0 Å². The summed E-state index contributed by atoms with van der Waals surface area (Å²) in [5, 5.41) is 3.30. The maximum Gasteiger partial charge on any atom is 0.264 e. The third-order valence-corrected chi connectivity index (χ3v) is 7.69. The van der Waals surface area contributed by atoms with Gasteiger partial charge in [-0.05, 0) is 36.4 Å². The van der Waals surface area contributed by atoms with Crippen molar-refractivity contribution in [2.45, 2.75) is 36.5 Å². The number of nitrogens with zero attached hydrogens (tertiary/aromatic N) is 1. The third-order valence-electron chi connectivity index (χ3n) is 4.37. The number of thioether (sulfide) groups is 1. The highest BCUT2D eigenvalue weighted by Gasteiger charge is 2.37. The summed E-state index contributed by atoms with van der Waals surface area (Å²) in [5.74, 6) is 0.770. The van der Waals surface area contributed by atoms with Crippen molar-refractivity contribution >= 4 is 45.0 Å². The van der Waals surface area contributed by atoms with Crippen molar-refractivity contribution in [3.05, 3.63) is 53.6 Å². The van der Waals surface area contributed by atoms with E-state index in [2.05, 4.69) is 26.1 Å². The van der Waals surface area contributed by atoms with Crippen LogP contribution in [0.4, 0.5) is 5.69 Å². The summed E-state index contributed by atoms with van der Waals surface area (Å²) in [7, 11) is -3.89. The molecule has 0 spiro atoms. The van der Waals surface area contributed by atoms with Crippen molar-refractivity contribution < 1.29 is 17.9 Å². The van der Waals surface area contributed by atoms with Gasteiger partial charge in [0, 0.05) is 22.1 Å². The summed E-state index contributed by atoms with van der Waals surface area (Å²) < 4.78 is 33.7. The number of anilines is 1. The largest absolute Gasteiger partial charge is 0.476 e. The quantitative estimate of drug-likeness (QED) is 0.650. The minimum atomic E-state index is -3.89. The topological polar surface area (TPSA) is 75.7 Å². The summed E-state index contributed by atoms with van der Waals surface area (Å²) in [6, 6.07) is 12.8. The second-order valence-corrected chi connectivity index (χ2v) is 12.0. The van der Waals surface area contributed by atoms with Crippen molar-refractivity contribution in [3.63, 3.8) is 0 Å². The fourth-order valence-corrected chi connectivity index (χ4v) is 5.36. The molecule has 1 N–H and O–H groups in total. The fourth-order valence-electron chi connectivity index (χ4n) is 2.95. The second-order valence-electron chi connectivity index (χ2n) is 7.82. The third kappa shape index (κ3) is 5.42. The number of carbonyl (C=O) groups is 1. The number of fused-ring (bicyclic) bond motifs is 1. The van der Waals surface area contributed by atoms with Gasteiger partial charge in [0.2, 0.25) is 0 Å². The van der Waals surface area contributed by atoms with E-state index in [0.717, 1.165) is 5.75 Å². The molecule has 1 amide bonds. The highest BCUT2D eigenvalue weighted by molar-refractivity contribution is 8.00. The van der Waals surface area contributed by atoms with E-state index >= 15 is 0 Å². The molecule has 0 bridgehead atoms. The number of carbonyl (C=O) groups excluding carboxylic acids is 1. The van der Waals surface area contributed by atoms with Crippen LogP contribution in [-0.2, 0) is 14.8 Å². The van der Waals surface area contributed by atoms with Crippen molar-refractivity contribution in [3.8, 4) is 5.75 Å². The Kier molecular flexibility index (Phi) is 6.89. The molecule has 1 atom stereocenters. The molecular weight excluding hydrogens is 444 g/mol. The van der Waals surface area contributed by atoms with Crippen molar-refractivity contribution in [2.24, 2.45) is 0 Å². The van der Waals surface area contributed by atoms with E-state index in [4.69, 9.17) is 16.3 Å². The average molecular weight is 469 g/mol. The van der Waals surface area contributed by atoms with Gasteiger partial charge in [-0.25, -0.2) is 8.42 Å². The Morgan fingerprint density at radius 1 is 1.20 bits per heavy atom. The van der Waals surface area contributed by atoms with Crippen LogP contribution in [0, 0.1) is 0 Å². The first kappa shape index (κ1) is 22.8. The molecule has 1 aliphatic rings. The van der Waals surface area contributed by atoms with Crippen molar-refractivity contribution in [1.82, 2.24) is 5.32 Å². The zero-order valence-corrected chi connectivity index (χ0v) is 19.5. The predicted octanol–water partition coefficient (Wildman–Crippen LogP) is 3.94. The van der Waals surface area contributed by atoms with Crippen LogP contribution >= 0.6 is 23.4 Å². The van der Waals surface area contributed by atoms with E-state index in [9.17, 15) is 13.2 Å². The highest BCUT2D eigenvalue weighted by atomic mass is 35.5. The normalized spacial score (nSPS) is 16.5. The highest BCUT2D eigenvalue weighted by Crippen LogP contribution is 2.37. The van der Waals surface area contributed by atoms with Gasteiger partial charge in [0.15, 0.2) is 6.10 Å². The monoisotopic (exact) mass is 468 g/mol. The number of amides is 1. The molecule has 9 heteroatoms. The van der Waals surface area contributed by atoms with Gasteiger partial charge in [-0.15, -0.1) is 0 Å². The maximum absolute atomic E-state index is 13.3. The number of sulfonamides is 1. The number of para-hydroxylation sites is 2. The molecule has 2 aromatic carbocycles. The van der Waals surface area contributed by atoms with Crippen LogP contribution in [0.15, 0.2) is 53.4 Å². The molecule has 0 fully saturated rings. The minimum Gasteiger partial charge on any atom is -0.476 e. The van der Waals surface area contributed by atoms with Gasteiger partial charge < -0.3 is 10.1 Å². The summed E-state index contributed by atoms with van der Waals surface area (Å²) in [5.41, 5.74) is 0.403. The summed E-state index contributed by atoms with van der Waals surface area (Å²) in [6.45, 7) is 6.70. The zero-order valence-electron chi connectivity index (χ0n) is 17.1. The van der Waals surface area contributed by atoms with Crippen LogP contribution in [0.5, 0.6) is 5.75 Å². The number of ether oxygens (including phenoxy) is 1. The van der Waals surface area contributed by atoms with Gasteiger partial charge in [-0.1, -0.05) is 44.5 Å². The Hall–Kier alpha value is -1.90. The number of hydrogen-bond donors (Lipinski definition) is 1. The summed E-state index contributed by atoms with van der Waals surface area (Å²) >= 11 is 7.64. The van der Waals surface area contributed by atoms with E-state index in [1.54, 1.807) is 36.0 Å². The summed E-state index contributed by atoms with van der Waals surface area (Å²) in [4.78, 5) is 12.8. The van der Waals surface area contributed by atoms with Crippen LogP contribution in [0.3, 0.4) is 0 Å². The Balaban J connectivity index is 1.80. The Morgan fingerprint density at radius 2 is 1.87 bits per heavy atom. The molecule has 1 heterocycles. The van der Waals surface area contributed by atoms with Gasteiger partial charge in [-0.3, -0.25) is 9.10 Å². The lowest BCUT2D eigenvalue weighted by Crippen LogP contribution is -2.51.